The van der Waals surface area contributed by atoms with Crippen LogP contribution in [-0.2, 0) is 52.3 Å². The molecule has 1 N–H and O–H groups in total. The zero-order valence-corrected chi connectivity index (χ0v) is 39.1. The number of hydrogen-bond acceptors (Lipinski definition) is 13. The van der Waals surface area contributed by atoms with Crippen molar-refractivity contribution in [2.75, 3.05) is 46.8 Å². The molecule has 0 atom stereocenters. The Morgan fingerprint density at radius 1 is 0.607 bits per heavy atom. The minimum absolute atomic E-state index is 0.0422. The first-order chi connectivity index (χ1) is 24.8. The highest BCUT2D eigenvalue weighted by molar-refractivity contribution is 5.92. The van der Waals surface area contributed by atoms with Crippen molar-refractivity contribution in [3.8, 4) is 0 Å². The average Bonchev–Trinajstić information content (AvgIpc) is 3.00. The fraction of sp³-hybridized carbons (Fsp3) is 0.907. The number of aliphatic hydroxyl groups excluding tert-OH is 1. The number of carbonyl (C=O) groups is 4. The number of hydrogen-bond donors (Lipinski definition) is 1. The van der Waals surface area contributed by atoms with Crippen LogP contribution in [0.5, 0.6) is 0 Å². The molecule has 0 aliphatic heterocycles. The zero-order valence-electron chi connectivity index (χ0n) is 39.1. The van der Waals surface area contributed by atoms with Crippen LogP contribution in [0.25, 0.3) is 0 Å². The Hall–Kier alpha value is -2.16. The van der Waals surface area contributed by atoms with Gasteiger partial charge >= 0.3 is 17.9 Å². The molecule has 0 aromatic heterocycles. The molecule has 13 nitrogen and oxygen atoms in total. The molecule has 0 aliphatic rings. The number of rotatable bonds is 26. The number of Topliss-reactive ketones (excluding diaryl/α,β-unsaturated/α-hetero) is 1. The molecule has 0 spiro atoms. The van der Waals surface area contributed by atoms with Gasteiger partial charge in [-0.2, -0.15) is 0 Å². The van der Waals surface area contributed by atoms with Gasteiger partial charge < -0.3 is 38.3 Å². The lowest BCUT2D eigenvalue weighted by Gasteiger charge is -2.47. The summed E-state index contributed by atoms with van der Waals surface area (Å²) in [5.41, 5.74) is -8.60. The number of esters is 3. The Bertz CT molecular complexity index is 1310. The van der Waals surface area contributed by atoms with Gasteiger partial charge in [-0.15, -0.1) is 0 Å². The molecule has 0 rings (SSSR count). The minimum atomic E-state index is -1.20. The molecule has 56 heavy (non-hydrogen) atoms. The zero-order chi connectivity index (χ0) is 44.6. The summed E-state index contributed by atoms with van der Waals surface area (Å²) in [5, 5.41) is 9.08. The van der Waals surface area contributed by atoms with Crippen molar-refractivity contribution in [2.24, 2.45) is 21.7 Å². The second-order valence-corrected chi connectivity index (χ2v) is 20.6. The molecule has 0 unspecified atom stereocenters. The van der Waals surface area contributed by atoms with Crippen LogP contribution < -0.4 is 0 Å². The molecule has 0 heterocycles. The second-order valence-electron chi connectivity index (χ2n) is 20.6. The molecule has 0 saturated carbocycles. The van der Waals surface area contributed by atoms with Gasteiger partial charge in [-0.1, -0.05) is 27.7 Å². The number of ketones is 1. The van der Waals surface area contributed by atoms with Gasteiger partial charge in [-0.3, -0.25) is 14.4 Å². The lowest BCUT2D eigenvalue weighted by atomic mass is 9.69. The summed E-state index contributed by atoms with van der Waals surface area (Å²) in [6.45, 7) is 36.5. The maximum atomic E-state index is 14.1. The van der Waals surface area contributed by atoms with E-state index in [0.717, 1.165) is 0 Å². The van der Waals surface area contributed by atoms with Gasteiger partial charge in [0.05, 0.1) is 48.0 Å². The minimum Gasteiger partial charge on any atom is -0.463 e. The van der Waals surface area contributed by atoms with E-state index in [1.54, 1.807) is 81.2 Å². The summed E-state index contributed by atoms with van der Waals surface area (Å²) in [6, 6.07) is 0. The van der Waals surface area contributed by atoms with Crippen LogP contribution in [0.1, 0.15) is 151 Å². The van der Waals surface area contributed by atoms with E-state index in [4.69, 9.17) is 38.3 Å². The van der Waals surface area contributed by atoms with E-state index in [9.17, 15) is 19.2 Å². The van der Waals surface area contributed by atoms with Crippen LogP contribution in [-0.4, -0.2) is 115 Å². The molecule has 0 saturated heterocycles. The van der Waals surface area contributed by atoms with Crippen LogP contribution in [0.15, 0.2) is 0 Å². The molecule has 330 valence electrons. The third-order valence-corrected chi connectivity index (χ3v) is 10.3. The van der Waals surface area contributed by atoms with Gasteiger partial charge in [0.15, 0.2) is 11.4 Å². The van der Waals surface area contributed by atoms with Crippen molar-refractivity contribution in [3.63, 3.8) is 0 Å². The molecule has 13 heteroatoms. The summed E-state index contributed by atoms with van der Waals surface area (Å²) in [6.07, 6.45) is 0.757. The fourth-order valence-corrected chi connectivity index (χ4v) is 6.98. The van der Waals surface area contributed by atoms with E-state index in [2.05, 4.69) is 0 Å². The van der Waals surface area contributed by atoms with Crippen molar-refractivity contribution >= 4 is 23.7 Å². The highest BCUT2D eigenvalue weighted by atomic mass is 16.6. The van der Waals surface area contributed by atoms with E-state index < -0.39 is 67.7 Å². The summed E-state index contributed by atoms with van der Waals surface area (Å²) in [4.78, 5) is 54.9. The molecule has 0 aliphatic carbocycles. The van der Waals surface area contributed by atoms with Crippen molar-refractivity contribution in [1.82, 2.24) is 4.90 Å². The molecular weight excluding hydrogens is 722 g/mol. The highest BCUT2D eigenvalue weighted by Crippen LogP contribution is 2.41. The highest BCUT2D eigenvalue weighted by Gasteiger charge is 2.50. The van der Waals surface area contributed by atoms with E-state index in [1.165, 1.54) is 0 Å². The van der Waals surface area contributed by atoms with E-state index in [1.807, 2.05) is 69.2 Å². The van der Waals surface area contributed by atoms with Gasteiger partial charge in [0.2, 0.25) is 0 Å². The Kier molecular flexibility index (Phi) is 19.0. The SMILES string of the molecule is CC(C)OCCOC(=O)C(C)(C)OC(C)(C)CC(C)(C)COC(C)(C)C(=O)C(C)(C)CC(C)(C)C(=O)OCN(C)C(C)(C)OC(C)(C)C(C)(C)C(=O)OCCO. The van der Waals surface area contributed by atoms with Crippen molar-refractivity contribution in [3.05, 3.63) is 0 Å². The number of ether oxygens (including phenoxy) is 7. The lowest BCUT2D eigenvalue weighted by molar-refractivity contribution is -0.243. The third-order valence-electron chi connectivity index (χ3n) is 10.3. The van der Waals surface area contributed by atoms with Crippen molar-refractivity contribution in [2.45, 2.75) is 186 Å². The van der Waals surface area contributed by atoms with Gasteiger partial charge in [0.25, 0.3) is 0 Å². The predicted molar refractivity (Wildman–Crippen MR) is 217 cm³/mol. The summed E-state index contributed by atoms with van der Waals surface area (Å²) in [5.74, 6) is -1.62. The first kappa shape index (κ1) is 53.8. The smallest absolute Gasteiger partial charge is 0.337 e. The van der Waals surface area contributed by atoms with E-state index in [-0.39, 0.29) is 51.5 Å². The second kappa shape index (κ2) is 19.7. The maximum absolute atomic E-state index is 14.1. The molecule has 0 aromatic carbocycles. The average molecular weight is 804 g/mol. The van der Waals surface area contributed by atoms with Gasteiger partial charge in [0, 0.05) is 5.41 Å². The summed E-state index contributed by atoms with van der Waals surface area (Å²) < 4.78 is 40.9. The molecule has 0 aromatic rings. The van der Waals surface area contributed by atoms with Crippen LogP contribution in [0, 0.1) is 21.7 Å². The summed E-state index contributed by atoms with van der Waals surface area (Å²) >= 11 is 0. The van der Waals surface area contributed by atoms with Crippen molar-refractivity contribution in [1.29, 1.82) is 0 Å². The molecular formula is C43H81NO12. The summed E-state index contributed by atoms with van der Waals surface area (Å²) in [7, 11) is 1.75. The van der Waals surface area contributed by atoms with Gasteiger partial charge in [0.1, 0.15) is 31.3 Å². The monoisotopic (exact) mass is 804 g/mol. The van der Waals surface area contributed by atoms with Crippen LogP contribution >= 0.6 is 0 Å². The first-order valence-corrected chi connectivity index (χ1v) is 19.9. The lowest BCUT2D eigenvalue weighted by Crippen LogP contribution is -2.56. The number of carbonyl (C=O) groups excluding carboxylic acids is 4. The fourth-order valence-electron chi connectivity index (χ4n) is 6.98. The van der Waals surface area contributed by atoms with Crippen LogP contribution in [0.2, 0.25) is 0 Å². The van der Waals surface area contributed by atoms with Gasteiger partial charge in [-0.05, 0) is 136 Å². The predicted octanol–water partition coefficient (Wildman–Crippen LogP) is 7.28. The topological polar surface area (TPSA) is 156 Å². The third kappa shape index (κ3) is 16.6. The Morgan fingerprint density at radius 2 is 1.12 bits per heavy atom. The normalized spacial score (nSPS) is 14.3. The standard InChI is InChI=1S/C43H81NO12/c1-30(2)50-24-25-52-34(49)41(15,16)55-38(9,10)26-35(3,4)28-54-40(13,14)31(46)36(5,6)27-37(7,8)32(47)53-29-44(21)43(19,20)56-42(17,18)39(11,12)33(48)51-23-22-45/h30,45H,22-29H2,1-21H3. The number of aliphatic hydroxyl groups is 1. The first-order valence-electron chi connectivity index (χ1n) is 19.9. The Labute approximate surface area is 339 Å². The Morgan fingerprint density at radius 3 is 1.62 bits per heavy atom. The molecule has 0 bridgehead atoms. The van der Waals surface area contributed by atoms with E-state index in [0.29, 0.717) is 13.0 Å². The maximum Gasteiger partial charge on any atom is 0.337 e. The largest absolute Gasteiger partial charge is 0.463 e. The van der Waals surface area contributed by atoms with E-state index >= 15 is 0 Å². The number of nitrogens with zero attached hydrogens (tertiary/aromatic N) is 1. The molecule has 0 amide bonds. The van der Waals surface area contributed by atoms with Crippen LogP contribution in [0.4, 0.5) is 0 Å². The molecule has 0 radical (unpaired) electrons. The van der Waals surface area contributed by atoms with Crippen molar-refractivity contribution < 1.29 is 57.4 Å². The van der Waals surface area contributed by atoms with Gasteiger partial charge in [-0.25, -0.2) is 9.69 Å². The molecule has 0 fully saturated rings. The Balaban J connectivity index is 5.51. The quantitative estimate of drug-likeness (QED) is 0.0403. The van der Waals surface area contributed by atoms with Crippen LogP contribution in [0.3, 0.4) is 0 Å².